The number of amides is 1. The molecule has 0 fully saturated rings. The van der Waals surface area contributed by atoms with Crippen LogP contribution in [0.1, 0.15) is 23.9 Å². The van der Waals surface area contributed by atoms with Gasteiger partial charge in [0, 0.05) is 11.9 Å². The third kappa shape index (κ3) is 3.69. The van der Waals surface area contributed by atoms with Crippen LogP contribution in [-0.2, 0) is 11.3 Å². The number of pyridine rings is 1. The molecule has 2 heterocycles. The first kappa shape index (κ1) is 15.7. The summed E-state index contributed by atoms with van der Waals surface area (Å²) in [5, 5.41) is 7.27. The first-order chi connectivity index (χ1) is 9.88. The highest BCUT2D eigenvalue weighted by Gasteiger charge is 2.17. The van der Waals surface area contributed by atoms with Crippen molar-refractivity contribution < 1.29 is 4.79 Å². The Morgan fingerprint density at radius 2 is 2.14 bits per heavy atom. The van der Waals surface area contributed by atoms with E-state index in [2.05, 4.69) is 31.3 Å². The SMILES string of the molecule is Cc1ccnc(NC(=O)C(C)Cn2nc(C)c(Br)c2C)c1. The van der Waals surface area contributed by atoms with Crippen LogP contribution in [0, 0.1) is 26.7 Å². The summed E-state index contributed by atoms with van der Waals surface area (Å²) in [6, 6.07) is 3.75. The van der Waals surface area contributed by atoms with E-state index in [1.807, 2.05) is 44.5 Å². The molecule has 0 aliphatic carbocycles. The lowest BCUT2D eigenvalue weighted by atomic mass is 10.1. The van der Waals surface area contributed by atoms with Crippen LogP contribution >= 0.6 is 15.9 Å². The average Bonchev–Trinajstić information content (AvgIpc) is 2.66. The highest BCUT2D eigenvalue weighted by atomic mass is 79.9. The van der Waals surface area contributed by atoms with Crippen molar-refractivity contribution in [2.75, 3.05) is 5.32 Å². The molecule has 0 radical (unpaired) electrons. The number of rotatable bonds is 4. The van der Waals surface area contributed by atoms with Crippen LogP contribution < -0.4 is 5.32 Å². The number of halogens is 1. The molecule has 0 aromatic carbocycles. The van der Waals surface area contributed by atoms with Gasteiger partial charge < -0.3 is 5.32 Å². The van der Waals surface area contributed by atoms with Gasteiger partial charge >= 0.3 is 0 Å². The zero-order chi connectivity index (χ0) is 15.6. The topological polar surface area (TPSA) is 59.8 Å². The van der Waals surface area contributed by atoms with Crippen molar-refractivity contribution in [1.29, 1.82) is 0 Å². The minimum Gasteiger partial charge on any atom is -0.310 e. The van der Waals surface area contributed by atoms with Gasteiger partial charge in [-0.25, -0.2) is 4.98 Å². The van der Waals surface area contributed by atoms with E-state index in [0.717, 1.165) is 21.4 Å². The van der Waals surface area contributed by atoms with Gasteiger partial charge in [0.15, 0.2) is 0 Å². The maximum atomic E-state index is 12.2. The number of hydrogen-bond donors (Lipinski definition) is 1. The minimum atomic E-state index is -0.197. The fourth-order valence-electron chi connectivity index (χ4n) is 2.05. The third-order valence-electron chi connectivity index (χ3n) is 3.35. The van der Waals surface area contributed by atoms with Crippen LogP contribution in [-0.4, -0.2) is 20.7 Å². The van der Waals surface area contributed by atoms with Crippen molar-refractivity contribution in [2.45, 2.75) is 34.2 Å². The molecule has 1 N–H and O–H groups in total. The zero-order valence-electron chi connectivity index (χ0n) is 12.6. The largest absolute Gasteiger partial charge is 0.310 e. The second-order valence-electron chi connectivity index (χ2n) is 5.28. The Balaban J connectivity index is 2.04. The van der Waals surface area contributed by atoms with Crippen LogP contribution in [0.5, 0.6) is 0 Å². The van der Waals surface area contributed by atoms with Gasteiger partial charge in [-0.3, -0.25) is 9.48 Å². The highest BCUT2D eigenvalue weighted by molar-refractivity contribution is 9.10. The summed E-state index contributed by atoms with van der Waals surface area (Å²) >= 11 is 3.49. The Hall–Kier alpha value is -1.69. The number of anilines is 1. The second-order valence-corrected chi connectivity index (χ2v) is 6.07. The molecule has 112 valence electrons. The predicted octanol–water partition coefficient (Wildman–Crippen LogP) is 3.24. The molecule has 0 saturated heterocycles. The van der Waals surface area contributed by atoms with E-state index in [-0.39, 0.29) is 11.8 Å². The molecule has 2 aromatic heterocycles. The molecule has 0 spiro atoms. The summed E-state index contributed by atoms with van der Waals surface area (Å²) in [6.07, 6.45) is 1.69. The van der Waals surface area contributed by atoms with Crippen molar-refractivity contribution in [3.8, 4) is 0 Å². The van der Waals surface area contributed by atoms with Gasteiger partial charge in [0.05, 0.1) is 22.6 Å². The lowest BCUT2D eigenvalue weighted by Crippen LogP contribution is -2.25. The van der Waals surface area contributed by atoms with Gasteiger partial charge in [0.25, 0.3) is 0 Å². The van der Waals surface area contributed by atoms with E-state index >= 15 is 0 Å². The lowest BCUT2D eigenvalue weighted by Gasteiger charge is -2.13. The van der Waals surface area contributed by atoms with Crippen LogP contribution in [0.4, 0.5) is 5.82 Å². The fourth-order valence-corrected chi connectivity index (χ4v) is 2.33. The van der Waals surface area contributed by atoms with Gasteiger partial charge in [0.1, 0.15) is 5.82 Å². The average molecular weight is 351 g/mol. The van der Waals surface area contributed by atoms with Crippen molar-refractivity contribution in [1.82, 2.24) is 14.8 Å². The Labute approximate surface area is 132 Å². The Bertz CT molecular complexity index is 666. The molecule has 5 nitrogen and oxygen atoms in total. The summed E-state index contributed by atoms with van der Waals surface area (Å²) in [4.78, 5) is 16.4. The Morgan fingerprint density at radius 1 is 1.43 bits per heavy atom. The van der Waals surface area contributed by atoms with Gasteiger partial charge in [-0.1, -0.05) is 6.92 Å². The van der Waals surface area contributed by atoms with Crippen LogP contribution in [0.2, 0.25) is 0 Å². The van der Waals surface area contributed by atoms with Crippen molar-refractivity contribution in [2.24, 2.45) is 5.92 Å². The number of carbonyl (C=O) groups is 1. The monoisotopic (exact) mass is 350 g/mol. The van der Waals surface area contributed by atoms with E-state index in [0.29, 0.717) is 12.4 Å². The predicted molar refractivity (Wildman–Crippen MR) is 86.2 cm³/mol. The van der Waals surface area contributed by atoms with Crippen molar-refractivity contribution >= 4 is 27.7 Å². The molecule has 1 atom stereocenters. The molecule has 1 amide bonds. The van der Waals surface area contributed by atoms with Gasteiger partial charge in [-0.2, -0.15) is 5.10 Å². The van der Waals surface area contributed by atoms with E-state index in [4.69, 9.17) is 0 Å². The number of hydrogen-bond acceptors (Lipinski definition) is 3. The number of nitrogens with one attached hydrogen (secondary N) is 1. The first-order valence-corrected chi connectivity index (χ1v) is 7.60. The zero-order valence-corrected chi connectivity index (χ0v) is 14.2. The molecule has 0 bridgehead atoms. The fraction of sp³-hybridized carbons (Fsp3) is 0.400. The smallest absolute Gasteiger partial charge is 0.230 e. The maximum Gasteiger partial charge on any atom is 0.230 e. The third-order valence-corrected chi connectivity index (χ3v) is 4.50. The van der Waals surface area contributed by atoms with Gasteiger partial charge in [-0.15, -0.1) is 0 Å². The Morgan fingerprint density at radius 3 is 2.71 bits per heavy atom. The quantitative estimate of drug-likeness (QED) is 0.920. The van der Waals surface area contributed by atoms with Crippen molar-refractivity contribution in [3.05, 3.63) is 39.8 Å². The molecular formula is C15H19BrN4O. The molecular weight excluding hydrogens is 332 g/mol. The summed E-state index contributed by atoms with van der Waals surface area (Å²) in [5.74, 6) is 0.329. The highest BCUT2D eigenvalue weighted by Crippen LogP contribution is 2.20. The van der Waals surface area contributed by atoms with Gasteiger partial charge in [-0.05, 0) is 54.4 Å². The van der Waals surface area contributed by atoms with Crippen LogP contribution in [0.25, 0.3) is 0 Å². The number of nitrogens with zero attached hydrogens (tertiary/aromatic N) is 3. The molecule has 1 unspecified atom stereocenters. The molecule has 6 heteroatoms. The summed E-state index contributed by atoms with van der Waals surface area (Å²) in [5.41, 5.74) is 3.02. The normalized spacial score (nSPS) is 12.2. The van der Waals surface area contributed by atoms with Gasteiger partial charge in [0.2, 0.25) is 5.91 Å². The summed E-state index contributed by atoms with van der Waals surface area (Å²) < 4.78 is 2.85. The van der Waals surface area contributed by atoms with E-state index in [1.54, 1.807) is 6.20 Å². The minimum absolute atomic E-state index is 0.0585. The molecule has 2 rings (SSSR count). The van der Waals surface area contributed by atoms with Crippen LogP contribution in [0.3, 0.4) is 0 Å². The molecule has 2 aromatic rings. The lowest BCUT2D eigenvalue weighted by molar-refractivity contribution is -0.119. The summed E-state index contributed by atoms with van der Waals surface area (Å²) in [7, 11) is 0. The standard InChI is InChI=1S/C15H19BrN4O/c1-9-5-6-17-13(7-9)18-15(21)10(2)8-20-12(4)14(16)11(3)19-20/h5-7,10H,8H2,1-4H3,(H,17,18,21). The molecule has 0 aliphatic rings. The summed E-state index contributed by atoms with van der Waals surface area (Å²) in [6.45, 7) is 8.31. The maximum absolute atomic E-state index is 12.2. The number of aromatic nitrogens is 3. The van der Waals surface area contributed by atoms with E-state index < -0.39 is 0 Å². The van der Waals surface area contributed by atoms with Crippen molar-refractivity contribution in [3.63, 3.8) is 0 Å². The number of aryl methyl sites for hydroxylation is 2. The van der Waals surface area contributed by atoms with Crippen LogP contribution in [0.15, 0.2) is 22.8 Å². The molecule has 21 heavy (non-hydrogen) atoms. The molecule has 0 saturated carbocycles. The van der Waals surface area contributed by atoms with E-state index in [1.165, 1.54) is 0 Å². The number of carbonyl (C=O) groups excluding carboxylic acids is 1. The second kappa shape index (κ2) is 6.39. The Kier molecular flexibility index (Phi) is 4.77. The van der Waals surface area contributed by atoms with E-state index in [9.17, 15) is 4.79 Å². The first-order valence-electron chi connectivity index (χ1n) is 6.81. The molecule has 0 aliphatic heterocycles.